The smallest absolute Gasteiger partial charge is 0.216 e. The van der Waals surface area contributed by atoms with Crippen molar-refractivity contribution in [2.24, 2.45) is 0 Å². The first-order chi connectivity index (χ1) is 12.9. The van der Waals surface area contributed by atoms with Crippen LogP contribution in [0.4, 0.5) is 4.39 Å². The molecule has 0 fully saturated rings. The fraction of sp³-hybridized carbons (Fsp3) is 0.895. The topological polar surface area (TPSA) is 85.9 Å². The van der Waals surface area contributed by atoms with E-state index in [1.807, 2.05) is 34.7 Å². The first kappa shape index (κ1) is 30.6. The summed E-state index contributed by atoms with van der Waals surface area (Å²) in [6.45, 7) is 12.2. The number of carbonyl (C=O) groups excluding carboxylic acids is 2. The number of rotatable bonds is 15. The van der Waals surface area contributed by atoms with Crippen LogP contribution in [0, 0.1) is 0 Å². The van der Waals surface area contributed by atoms with Crippen LogP contribution in [0.5, 0.6) is 0 Å². The predicted molar refractivity (Wildman–Crippen MR) is 107 cm³/mol. The van der Waals surface area contributed by atoms with E-state index in [2.05, 4.69) is 10.6 Å². The van der Waals surface area contributed by atoms with Crippen molar-refractivity contribution in [3.8, 4) is 0 Å². The van der Waals surface area contributed by atoms with Crippen molar-refractivity contribution in [3.63, 3.8) is 0 Å². The number of nitrogens with one attached hydrogen (secondary N) is 2. The molecule has 0 aromatic heterocycles. The maximum atomic E-state index is 13.1. The molecule has 27 heavy (non-hydrogen) atoms. The Labute approximate surface area is 164 Å². The molecule has 0 saturated carbocycles. The second-order valence-electron chi connectivity index (χ2n) is 5.58. The van der Waals surface area contributed by atoms with Crippen LogP contribution < -0.4 is 10.6 Å². The summed E-state index contributed by atoms with van der Waals surface area (Å²) in [5.41, 5.74) is 0. The molecule has 2 N–H and O–H groups in total. The third kappa shape index (κ3) is 36.6. The van der Waals surface area contributed by atoms with Gasteiger partial charge in [-0.2, -0.15) is 0 Å². The second-order valence-corrected chi connectivity index (χ2v) is 5.58. The van der Waals surface area contributed by atoms with Crippen LogP contribution in [-0.4, -0.2) is 77.6 Å². The summed E-state index contributed by atoms with van der Waals surface area (Å²) in [6, 6.07) is 0. The highest BCUT2D eigenvalue weighted by Crippen LogP contribution is 1.93. The van der Waals surface area contributed by atoms with Crippen LogP contribution in [-0.2, 0) is 23.8 Å². The first-order valence-corrected chi connectivity index (χ1v) is 9.67. The predicted octanol–water partition coefficient (Wildman–Crippen LogP) is 2.13. The fourth-order valence-electron chi connectivity index (χ4n) is 1.47. The van der Waals surface area contributed by atoms with Crippen LogP contribution in [0.15, 0.2) is 0 Å². The zero-order valence-electron chi connectivity index (χ0n) is 18.0. The highest BCUT2D eigenvalue weighted by Gasteiger charge is 2.06. The van der Waals surface area contributed by atoms with Crippen molar-refractivity contribution in [2.45, 2.75) is 59.7 Å². The molecule has 1 unspecified atom stereocenters. The zero-order valence-corrected chi connectivity index (χ0v) is 18.0. The maximum Gasteiger partial charge on any atom is 0.216 e. The summed E-state index contributed by atoms with van der Waals surface area (Å²) >= 11 is 0. The Morgan fingerprint density at radius 2 is 1.70 bits per heavy atom. The molecule has 0 heterocycles. The van der Waals surface area contributed by atoms with Crippen LogP contribution in [0.1, 0.15) is 47.5 Å². The van der Waals surface area contributed by atoms with Gasteiger partial charge in [-0.3, -0.25) is 4.79 Å². The Balaban J connectivity index is -0.000000535. The van der Waals surface area contributed by atoms with Gasteiger partial charge < -0.3 is 29.6 Å². The van der Waals surface area contributed by atoms with Crippen LogP contribution in [0.25, 0.3) is 0 Å². The highest BCUT2D eigenvalue weighted by molar-refractivity contribution is 5.72. The van der Waals surface area contributed by atoms with Gasteiger partial charge in [0.1, 0.15) is 19.1 Å². The number of amides is 1. The van der Waals surface area contributed by atoms with Gasteiger partial charge in [-0.05, 0) is 40.3 Å². The minimum atomic E-state index is -1.15. The van der Waals surface area contributed by atoms with E-state index in [0.29, 0.717) is 13.2 Å². The molecule has 1 atom stereocenters. The lowest BCUT2D eigenvalue weighted by atomic mass is 10.4. The van der Waals surface area contributed by atoms with Crippen molar-refractivity contribution in [3.05, 3.63) is 0 Å². The minimum absolute atomic E-state index is 0.00977. The van der Waals surface area contributed by atoms with E-state index in [-0.39, 0.29) is 31.8 Å². The second kappa shape index (κ2) is 27.1. The molecule has 0 radical (unpaired) electrons. The molecule has 7 nitrogen and oxygen atoms in total. The zero-order chi connectivity index (χ0) is 21.3. The van der Waals surface area contributed by atoms with E-state index >= 15 is 0 Å². The van der Waals surface area contributed by atoms with Crippen molar-refractivity contribution < 1.29 is 28.2 Å². The van der Waals surface area contributed by atoms with Crippen molar-refractivity contribution in [1.82, 2.24) is 10.6 Å². The highest BCUT2D eigenvalue weighted by atomic mass is 19.1. The van der Waals surface area contributed by atoms with E-state index < -0.39 is 6.17 Å². The van der Waals surface area contributed by atoms with Gasteiger partial charge in [0.2, 0.25) is 5.91 Å². The molecular weight excluding hydrogens is 355 g/mol. The molecule has 8 heteroatoms. The number of ether oxygens (including phenoxy) is 3. The average Bonchev–Trinajstić information content (AvgIpc) is 2.65. The van der Waals surface area contributed by atoms with Gasteiger partial charge in [0.15, 0.2) is 0 Å². The Hall–Kier alpha value is -1.09. The van der Waals surface area contributed by atoms with Gasteiger partial charge in [-0.25, -0.2) is 4.39 Å². The molecule has 0 spiro atoms. The van der Waals surface area contributed by atoms with Crippen molar-refractivity contribution in [2.75, 3.05) is 53.2 Å². The summed E-state index contributed by atoms with van der Waals surface area (Å²) in [4.78, 5) is 20.1. The standard InChI is InChI=1S/C12H25FN2O3.C5H10O2.C2H6/c1-11(16)15-9-12(13)10-18-8-4-7-17-6-3-5-14-2;1-5(2)7-4-3-6;1-2/h12,14H,3-10H2,1-2H3,(H,15,16);3,5H,4H2,1-2H3;1-2H3. The summed E-state index contributed by atoms with van der Waals surface area (Å²) in [7, 11) is 1.90. The molecule has 0 aromatic rings. The largest absolute Gasteiger partial charge is 0.381 e. The summed E-state index contributed by atoms with van der Waals surface area (Å²) in [6.07, 6.45) is 1.52. The molecule has 0 aromatic carbocycles. The minimum Gasteiger partial charge on any atom is -0.381 e. The van der Waals surface area contributed by atoms with Gasteiger partial charge in [0.25, 0.3) is 0 Å². The van der Waals surface area contributed by atoms with Gasteiger partial charge in [0, 0.05) is 26.7 Å². The molecular formula is C19H41FN2O5. The van der Waals surface area contributed by atoms with Gasteiger partial charge in [0.05, 0.1) is 19.3 Å². The quantitative estimate of drug-likeness (QED) is 0.326. The number of hydrogen-bond acceptors (Lipinski definition) is 6. The molecule has 0 aliphatic rings. The number of halogens is 1. The van der Waals surface area contributed by atoms with Gasteiger partial charge >= 0.3 is 0 Å². The normalized spacial score (nSPS) is 11.0. The van der Waals surface area contributed by atoms with E-state index in [1.54, 1.807) is 0 Å². The summed E-state index contributed by atoms with van der Waals surface area (Å²) < 4.78 is 28.4. The fourth-order valence-corrected chi connectivity index (χ4v) is 1.47. The SMILES string of the molecule is CC.CC(C)OCC=O.CNCCCOCCCOCC(F)CNC(C)=O. The third-order valence-electron chi connectivity index (χ3n) is 2.66. The lowest BCUT2D eigenvalue weighted by Gasteiger charge is -2.09. The van der Waals surface area contributed by atoms with Crippen LogP contribution in [0.3, 0.4) is 0 Å². The van der Waals surface area contributed by atoms with Gasteiger partial charge in [-0.1, -0.05) is 13.8 Å². The number of carbonyl (C=O) groups is 2. The van der Waals surface area contributed by atoms with E-state index in [0.717, 1.165) is 32.3 Å². The molecule has 0 aliphatic carbocycles. The lowest BCUT2D eigenvalue weighted by Crippen LogP contribution is -2.30. The third-order valence-corrected chi connectivity index (χ3v) is 2.66. The lowest BCUT2D eigenvalue weighted by molar-refractivity contribution is -0.119. The molecule has 164 valence electrons. The van der Waals surface area contributed by atoms with E-state index in [1.165, 1.54) is 6.92 Å². The Bertz CT molecular complexity index is 308. The van der Waals surface area contributed by atoms with Crippen molar-refractivity contribution >= 4 is 12.2 Å². The Morgan fingerprint density at radius 3 is 2.19 bits per heavy atom. The molecule has 0 aliphatic heterocycles. The van der Waals surface area contributed by atoms with E-state index in [9.17, 15) is 14.0 Å². The molecule has 0 bridgehead atoms. The average molecular weight is 397 g/mol. The molecule has 1 amide bonds. The van der Waals surface area contributed by atoms with Crippen LogP contribution in [0.2, 0.25) is 0 Å². The number of alkyl halides is 1. The monoisotopic (exact) mass is 396 g/mol. The first-order valence-electron chi connectivity index (χ1n) is 9.67. The van der Waals surface area contributed by atoms with Crippen molar-refractivity contribution in [1.29, 1.82) is 0 Å². The van der Waals surface area contributed by atoms with E-state index in [4.69, 9.17) is 14.2 Å². The number of hydrogen-bond donors (Lipinski definition) is 2. The molecule has 0 rings (SSSR count). The molecule has 0 saturated heterocycles. The Kier molecular flexibility index (Phi) is 30.8. The summed E-state index contributed by atoms with van der Waals surface area (Å²) in [5, 5.41) is 5.44. The summed E-state index contributed by atoms with van der Waals surface area (Å²) in [5.74, 6) is -0.229. The Morgan fingerprint density at radius 1 is 1.11 bits per heavy atom. The number of aldehydes is 1. The van der Waals surface area contributed by atoms with Gasteiger partial charge in [-0.15, -0.1) is 0 Å². The maximum absolute atomic E-state index is 13.1. The van der Waals surface area contributed by atoms with Crippen LogP contribution >= 0.6 is 0 Å².